The van der Waals surface area contributed by atoms with Crippen molar-refractivity contribution in [2.45, 2.75) is 12.5 Å². The van der Waals surface area contributed by atoms with Gasteiger partial charge < -0.3 is 10.1 Å². The highest BCUT2D eigenvalue weighted by Crippen LogP contribution is 2.19. The van der Waals surface area contributed by atoms with Crippen molar-refractivity contribution in [3.63, 3.8) is 0 Å². The number of allylic oxidation sites excluding steroid dienone is 3. The Hall–Kier alpha value is -0.600. The van der Waals surface area contributed by atoms with Crippen LogP contribution in [0.25, 0.3) is 0 Å². The highest BCUT2D eigenvalue weighted by Gasteiger charge is 2.21. The van der Waals surface area contributed by atoms with Crippen LogP contribution in [0.2, 0.25) is 0 Å². The molecule has 1 aliphatic heterocycles. The fraction of sp³-hybridized carbons (Fsp3) is 0.600. The lowest BCUT2D eigenvalue weighted by Crippen LogP contribution is -2.42. The second kappa shape index (κ2) is 3.87. The van der Waals surface area contributed by atoms with Crippen LogP contribution in [0.15, 0.2) is 24.3 Å². The lowest BCUT2D eigenvalue weighted by molar-refractivity contribution is 0.00361. The summed E-state index contributed by atoms with van der Waals surface area (Å²) in [5, 5.41) is 3.35. The SMILES string of the molecule is C1=CCC([C@H]2CNCCO2)C=C1. The van der Waals surface area contributed by atoms with E-state index in [1.807, 2.05) is 0 Å². The predicted molar refractivity (Wildman–Crippen MR) is 49.0 cm³/mol. The van der Waals surface area contributed by atoms with Gasteiger partial charge in [-0.25, -0.2) is 0 Å². The highest BCUT2D eigenvalue weighted by atomic mass is 16.5. The normalized spacial score (nSPS) is 35.3. The minimum atomic E-state index is 0.389. The Bertz CT molecular complexity index is 192. The summed E-state index contributed by atoms with van der Waals surface area (Å²) in [5.74, 6) is 0.586. The fourth-order valence-corrected chi connectivity index (χ4v) is 1.74. The van der Waals surface area contributed by atoms with Crippen LogP contribution in [0.4, 0.5) is 0 Å². The van der Waals surface area contributed by atoms with Crippen molar-refractivity contribution in [3.05, 3.63) is 24.3 Å². The van der Waals surface area contributed by atoms with E-state index in [2.05, 4.69) is 29.6 Å². The van der Waals surface area contributed by atoms with Crippen molar-refractivity contribution in [2.24, 2.45) is 5.92 Å². The molecule has 1 aliphatic carbocycles. The molecular weight excluding hydrogens is 150 g/mol. The van der Waals surface area contributed by atoms with Crippen LogP contribution < -0.4 is 5.32 Å². The van der Waals surface area contributed by atoms with E-state index in [0.717, 1.165) is 26.1 Å². The zero-order valence-corrected chi connectivity index (χ0v) is 7.20. The van der Waals surface area contributed by atoms with Gasteiger partial charge in [-0.05, 0) is 6.42 Å². The smallest absolute Gasteiger partial charge is 0.0765 e. The summed E-state index contributed by atoms with van der Waals surface area (Å²) < 4.78 is 5.67. The minimum absolute atomic E-state index is 0.389. The Morgan fingerprint density at radius 3 is 3.00 bits per heavy atom. The van der Waals surface area contributed by atoms with E-state index in [1.165, 1.54) is 0 Å². The van der Waals surface area contributed by atoms with Gasteiger partial charge in [-0.15, -0.1) is 0 Å². The summed E-state index contributed by atoms with van der Waals surface area (Å²) in [6, 6.07) is 0. The van der Waals surface area contributed by atoms with Gasteiger partial charge in [-0.3, -0.25) is 0 Å². The van der Waals surface area contributed by atoms with E-state index in [0.29, 0.717) is 12.0 Å². The number of hydrogen-bond acceptors (Lipinski definition) is 2. The molecule has 1 N–H and O–H groups in total. The van der Waals surface area contributed by atoms with Crippen LogP contribution in [0.1, 0.15) is 6.42 Å². The standard InChI is InChI=1S/C10H15NO/c1-2-4-9(5-3-1)10-8-11-6-7-12-10/h1-4,9-11H,5-8H2/t9?,10-/m1/s1. The van der Waals surface area contributed by atoms with Crippen LogP contribution in [-0.2, 0) is 4.74 Å². The molecule has 2 atom stereocenters. The lowest BCUT2D eigenvalue weighted by Gasteiger charge is -2.29. The molecule has 0 amide bonds. The molecule has 2 rings (SSSR count). The van der Waals surface area contributed by atoms with Gasteiger partial charge in [0, 0.05) is 19.0 Å². The second-order valence-electron chi connectivity index (χ2n) is 3.33. The first-order valence-corrected chi connectivity index (χ1v) is 4.62. The molecule has 1 fully saturated rings. The molecule has 66 valence electrons. The summed E-state index contributed by atoms with van der Waals surface area (Å²) in [6.07, 6.45) is 10.2. The van der Waals surface area contributed by atoms with Gasteiger partial charge in [-0.1, -0.05) is 24.3 Å². The molecule has 1 heterocycles. The van der Waals surface area contributed by atoms with Crippen LogP contribution >= 0.6 is 0 Å². The third-order valence-corrected chi connectivity index (χ3v) is 2.45. The van der Waals surface area contributed by atoms with Gasteiger partial charge in [0.1, 0.15) is 0 Å². The number of morpholine rings is 1. The summed E-state index contributed by atoms with van der Waals surface area (Å²) in [4.78, 5) is 0. The first-order valence-electron chi connectivity index (χ1n) is 4.62. The largest absolute Gasteiger partial charge is 0.375 e. The molecule has 2 heteroatoms. The monoisotopic (exact) mass is 165 g/mol. The van der Waals surface area contributed by atoms with Crippen molar-refractivity contribution in [2.75, 3.05) is 19.7 Å². The van der Waals surface area contributed by atoms with Gasteiger partial charge in [0.2, 0.25) is 0 Å². The maximum absolute atomic E-state index is 5.67. The zero-order chi connectivity index (χ0) is 8.23. The summed E-state index contributed by atoms with van der Waals surface area (Å²) in [5.41, 5.74) is 0. The molecule has 0 spiro atoms. The van der Waals surface area contributed by atoms with Gasteiger partial charge in [-0.2, -0.15) is 0 Å². The van der Waals surface area contributed by atoms with Crippen molar-refractivity contribution < 1.29 is 4.74 Å². The number of nitrogens with one attached hydrogen (secondary N) is 1. The Morgan fingerprint density at radius 2 is 2.33 bits per heavy atom. The fourth-order valence-electron chi connectivity index (χ4n) is 1.74. The van der Waals surface area contributed by atoms with Crippen molar-refractivity contribution in [3.8, 4) is 0 Å². The van der Waals surface area contributed by atoms with E-state index in [-0.39, 0.29) is 0 Å². The number of rotatable bonds is 1. The number of hydrogen-bond donors (Lipinski definition) is 1. The number of ether oxygens (including phenoxy) is 1. The molecule has 0 bridgehead atoms. The Kier molecular flexibility index (Phi) is 2.59. The molecule has 2 aliphatic rings. The first-order chi connectivity index (χ1) is 5.97. The topological polar surface area (TPSA) is 21.3 Å². The molecule has 0 saturated carbocycles. The Balaban J connectivity index is 1.90. The summed E-state index contributed by atoms with van der Waals surface area (Å²) in [6.45, 7) is 2.87. The third kappa shape index (κ3) is 1.76. The quantitative estimate of drug-likeness (QED) is 0.628. The molecule has 0 aromatic carbocycles. The second-order valence-corrected chi connectivity index (χ2v) is 3.33. The molecule has 0 aromatic rings. The van der Waals surface area contributed by atoms with Crippen molar-refractivity contribution in [1.29, 1.82) is 0 Å². The minimum Gasteiger partial charge on any atom is -0.375 e. The van der Waals surface area contributed by atoms with E-state index in [1.54, 1.807) is 0 Å². The third-order valence-electron chi connectivity index (χ3n) is 2.45. The van der Waals surface area contributed by atoms with Crippen LogP contribution in [0.3, 0.4) is 0 Å². The van der Waals surface area contributed by atoms with Crippen LogP contribution in [-0.4, -0.2) is 25.8 Å². The average molecular weight is 165 g/mol. The molecule has 0 radical (unpaired) electrons. The average Bonchev–Trinajstić information content (AvgIpc) is 2.21. The van der Waals surface area contributed by atoms with E-state index < -0.39 is 0 Å². The van der Waals surface area contributed by atoms with Gasteiger partial charge in [0.25, 0.3) is 0 Å². The maximum Gasteiger partial charge on any atom is 0.0765 e. The Labute approximate surface area is 73.3 Å². The van der Waals surface area contributed by atoms with Crippen LogP contribution in [0.5, 0.6) is 0 Å². The van der Waals surface area contributed by atoms with Crippen molar-refractivity contribution >= 4 is 0 Å². The lowest BCUT2D eigenvalue weighted by atomic mass is 9.94. The van der Waals surface area contributed by atoms with E-state index >= 15 is 0 Å². The molecule has 12 heavy (non-hydrogen) atoms. The molecule has 0 aromatic heterocycles. The first kappa shape index (κ1) is 8.02. The highest BCUT2D eigenvalue weighted by molar-refractivity contribution is 5.12. The summed E-state index contributed by atoms with van der Waals surface area (Å²) in [7, 11) is 0. The maximum atomic E-state index is 5.67. The molecule has 1 saturated heterocycles. The van der Waals surface area contributed by atoms with Gasteiger partial charge in [0.05, 0.1) is 12.7 Å². The predicted octanol–water partition coefficient (Wildman–Crippen LogP) is 1.11. The van der Waals surface area contributed by atoms with E-state index in [9.17, 15) is 0 Å². The molecular formula is C10H15NO. The molecule has 2 nitrogen and oxygen atoms in total. The van der Waals surface area contributed by atoms with E-state index in [4.69, 9.17) is 4.74 Å². The Morgan fingerprint density at radius 1 is 1.33 bits per heavy atom. The van der Waals surface area contributed by atoms with Gasteiger partial charge >= 0.3 is 0 Å². The van der Waals surface area contributed by atoms with Crippen molar-refractivity contribution in [1.82, 2.24) is 5.32 Å². The van der Waals surface area contributed by atoms with Crippen LogP contribution in [0, 0.1) is 5.92 Å². The molecule has 1 unspecified atom stereocenters. The zero-order valence-electron chi connectivity index (χ0n) is 7.20. The van der Waals surface area contributed by atoms with Gasteiger partial charge in [0.15, 0.2) is 0 Å². The summed E-state index contributed by atoms with van der Waals surface area (Å²) >= 11 is 0.